The minimum atomic E-state index is -1.39. The van der Waals surface area contributed by atoms with E-state index in [0.29, 0.717) is 11.3 Å². The largest absolute Gasteiger partial charge is 0.483 e. The highest BCUT2D eigenvalue weighted by Gasteiger charge is 2.34. The Morgan fingerprint density at radius 2 is 2.04 bits per heavy atom. The van der Waals surface area contributed by atoms with Crippen LogP contribution in [0.1, 0.15) is 37.0 Å². The van der Waals surface area contributed by atoms with Crippen LogP contribution in [0.5, 0.6) is 5.75 Å². The summed E-state index contributed by atoms with van der Waals surface area (Å²) in [6.45, 7) is 2.92. The van der Waals surface area contributed by atoms with Gasteiger partial charge >= 0.3 is 0 Å². The predicted octanol–water partition coefficient (Wildman–Crippen LogP) is 1.64. The Bertz CT molecular complexity index is 673. The van der Waals surface area contributed by atoms with Crippen molar-refractivity contribution in [1.29, 1.82) is 5.26 Å². The maximum atomic E-state index is 12.3. The van der Waals surface area contributed by atoms with Crippen molar-refractivity contribution in [3.05, 3.63) is 29.8 Å². The number of ether oxygens (including phenoxy) is 1. The Labute approximate surface area is 134 Å². The first kappa shape index (κ1) is 16.7. The fourth-order valence-corrected chi connectivity index (χ4v) is 2.05. The molecule has 1 saturated carbocycles. The summed E-state index contributed by atoms with van der Waals surface area (Å²) in [4.78, 5) is 35.5. The van der Waals surface area contributed by atoms with Crippen LogP contribution in [-0.2, 0) is 9.59 Å². The molecule has 0 saturated heterocycles. The lowest BCUT2D eigenvalue weighted by Crippen LogP contribution is -2.41. The van der Waals surface area contributed by atoms with Crippen LogP contribution < -0.4 is 10.1 Å². The predicted molar refractivity (Wildman–Crippen MR) is 81.8 cm³/mol. The molecular formula is C17H18N2O4. The monoisotopic (exact) mass is 314 g/mol. The molecule has 1 aliphatic rings. The lowest BCUT2D eigenvalue weighted by atomic mass is 10.0. The van der Waals surface area contributed by atoms with E-state index in [1.54, 1.807) is 24.3 Å². The maximum Gasteiger partial charge on any atom is 0.245 e. The van der Waals surface area contributed by atoms with Gasteiger partial charge in [-0.15, -0.1) is 0 Å². The molecule has 1 aromatic rings. The van der Waals surface area contributed by atoms with Crippen LogP contribution in [0.15, 0.2) is 24.3 Å². The van der Waals surface area contributed by atoms with Crippen LogP contribution in [0, 0.1) is 17.2 Å². The van der Waals surface area contributed by atoms with Crippen LogP contribution in [0.25, 0.3) is 0 Å². The molecule has 6 nitrogen and oxygen atoms in total. The number of nitrogens with zero attached hydrogens (tertiary/aromatic N) is 1. The number of hydrogen-bond acceptors (Lipinski definition) is 5. The van der Waals surface area contributed by atoms with Gasteiger partial charge in [0, 0.05) is 11.6 Å². The second kappa shape index (κ2) is 7.05. The van der Waals surface area contributed by atoms with Crippen LogP contribution in [0.4, 0.5) is 0 Å². The van der Waals surface area contributed by atoms with E-state index in [1.807, 2.05) is 0 Å². The average Bonchev–Trinajstić information content (AvgIpc) is 3.31. The fraction of sp³-hybridized carbons (Fsp3) is 0.412. The highest BCUT2D eigenvalue weighted by Crippen LogP contribution is 2.20. The van der Waals surface area contributed by atoms with Gasteiger partial charge in [-0.1, -0.05) is 12.1 Å². The zero-order valence-electron chi connectivity index (χ0n) is 13.0. The number of carbonyl (C=O) groups is 3. The number of carbonyl (C=O) groups excluding carboxylic acids is 3. The summed E-state index contributed by atoms with van der Waals surface area (Å²) in [6, 6.07) is 8.24. The van der Waals surface area contributed by atoms with Crippen molar-refractivity contribution in [3.63, 3.8) is 0 Å². The summed E-state index contributed by atoms with van der Waals surface area (Å²) in [5.41, 5.74) is 0.463. The Balaban J connectivity index is 2.03. The van der Waals surface area contributed by atoms with Crippen molar-refractivity contribution in [2.75, 3.05) is 0 Å². The summed E-state index contributed by atoms with van der Waals surface area (Å²) in [6.07, 6.45) is 0.788. The molecule has 0 bridgehead atoms. The summed E-state index contributed by atoms with van der Waals surface area (Å²) in [5, 5.41) is 11.7. The number of amides is 1. The van der Waals surface area contributed by atoms with E-state index in [1.165, 1.54) is 19.9 Å². The molecule has 23 heavy (non-hydrogen) atoms. The summed E-state index contributed by atoms with van der Waals surface area (Å²) >= 11 is 0. The highest BCUT2D eigenvalue weighted by atomic mass is 16.5. The standard InChI is InChI=1S/C17H18N2O4/c1-10(20)12-4-3-5-14(8-12)23-11(2)16(21)15(9-18)17(22)19-13-6-7-13/h3-5,8,11,13,15H,6-7H2,1-2H3,(H,19,22)/t11-,15-/m0/s1. The van der Waals surface area contributed by atoms with Gasteiger partial charge in [0.1, 0.15) is 5.75 Å². The van der Waals surface area contributed by atoms with E-state index in [4.69, 9.17) is 10.00 Å². The van der Waals surface area contributed by atoms with Crippen molar-refractivity contribution in [3.8, 4) is 11.8 Å². The molecule has 2 atom stereocenters. The highest BCUT2D eigenvalue weighted by molar-refractivity contribution is 6.06. The second-order valence-corrected chi connectivity index (χ2v) is 5.59. The Hall–Kier alpha value is -2.68. The lowest BCUT2D eigenvalue weighted by molar-refractivity contribution is -0.135. The SMILES string of the molecule is CC(=O)c1cccc(O[C@@H](C)C(=O)[C@H](C#N)C(=O)NC2CC2)c1. The fourth-order valence-electron chi connectivity index (χ4n) is 2.05. The average molecular weight is 314 g/mol. The first-order valence-electron chi connectivity index (χ1n) is 7.43. The number of Topliss-reactive ketones (excluding diaryl/α,β-unsaturated/α-hetero) is 2. The Kier molecular flexibility index (Phi) is 5.12. The third kappa shape index (κ3) is 4.39. The van der Waals surface area contributed by atoms with E-state index in [2.05, 4.69) is 5.32 Å². The molecule has 1 aliphatic carbocycles. The van der Waals surface area contributed by atoms with Gasteiger partial charge < -0.3 is 10.1 Å². The van der Waals surface area contributed by atoms with Gasteiger partial charge in [-0.25, -0.2) is 0 Å². The minimum absolute atomic E-state index is 0.0784. The molecule has 1 N–H and O–H groups in total. The summed E-state index contributed by atoms with van der Waals surface area (Å²) < 4.78 is 5.49. The summed E-state index contributed by atoms with van der Waals surface area (Å²) in [7, 11) is 0. The maximum absolute atomic E-state index is 12.3. The normalized spacial score (nSPS) is 15.9. The third-order valence-corrected chi connectivity index (χ3v) is 3.55. The van der Waals surface area contributed by atoms with Gasteiger partial charge in [-0.2, -0.15) is 5.26 Å². The lowest BCUT2D eigenvalue weighted by Gasteiger charge is -2.16. The van der Waals surface area contributed by atoms with Crippen molar-refractivity contribution >= 4 is 17.5 Å². The molecule has 1 amide bonds. The molecule has 1 fully saturated rings. The smallest absolute Gasteiger partial charge is 0.245 e. The molecule has 0 unspecified atom stereocenters. The van der Waals surface area contributed by atoms with E-state index in [-0.39, 0.29) is 11.8 Å². The number of nitriles is 1. The van der Waals surface area contributed by atoms with Gasteiger partial charge in [0.05, 0.1) is 6.07 Å². The van der Waals surface area contributed by atoms with Gasteiger partial charge in [0.15, 0.2) is 23.6 Å². The van der Waals surface area contributed by atoms with E-state index >= 15 is 0 Å². The molecule has 0 radical (unpaired) electrons. The Morgan fingerprint density at radius 3 is 2.61 bits per heavy atom. The van der Waals surface area contributed by atoms with E-state index in [0.717, 1.165) is 12.8 Å². The zero-order valence-corrected chi connectivity index (χ0v) is 13.0. The molecule has 2 rings (SSSR count). The van der Waals surface area contributed by atoms with Crippen molar-refractivity contribution in [2.45, 2.75) is 38.8 Å². The first-order chi connectivity index (χ1) is 10.9. The van der Waals surface area contributed by atoms with Crippen LogP contribution in [0.3, 0.4) is 0 Å². The quantitative estimate of drug-likeness (QED) is 0.609. The molecule has 120 valence electrons. The van der Waals surface area contributed by atoms with Crippen molar-refractivity contribution in [1.82, 2.24) is 5.32 Å². The second-order valence-electron chi connectivity index (χ2n) is 5.59. The van der Waals surface area contributed by atoms with E-state index < -0.39 is 23.7 Å². The first-order valence-corrected chi connectivity index (χ1v) is 7.43. The number of rotatable bonds is 7. The van der Waals surface area contributed by atoms with Gasteiger partial charge in [0.25, 0.3) is 0 Å². The molecule has 1 aromatic carbocycles. The van der Waals surface area contributed by atoms with Crippen LogP contribution >= 0.6 is 0 Å². The van der Waals surface area contributed by atoms with Gasteiger partial charge in [-0.05, 0) is 38.8 Å². The molecule has 6 heteroatoms. The third-order valence-electron chi connectivity index (χ3n) is 3.55. The molecule has 0 aromatic heterocycles. The number of hydrogen-bond donors (Lipinski definition) is 1. The van der Waals surface area contributed by atoms with E-state index in [9.17, 15) is 14.4 Å². The van der Waals surface area contributed by atoms with Crippen molar-refractivity contribution in [2.24, 2.45) is 5.92 Å². The molecule has 0 heterocycles. The van der Waals surface area contributed by atoms with Gasteiger partial charge in [0.2, 0.25) is 5.91 Å². The van der Waals surface area contributed by atoms with Gasteiger partial charge in [-0.3, -0.25) is 14.4 Å². The number of nitrogens with one attached hydrogen (secondary N) is 1. The topological polar surface area (TPSA) is 96.3 Å². The number of benzene rings is 1. The van der Waals surface area contributed by atoms with Crippen LogP contribution in [0.2, 0.25) is 0 Å². The van der Waals surface area contributed by atoms with Crippen molar-refractivity contribution < 1.29 is 19.1 Å². The Morgan fingerprint density at radius 1 is 1.35 bits per heavy atom. The van der Waals surface area contributed by atoms with Crippen LogP contribution in [-0.4, -0.2) is 29.6 Å². The number of ketones is 2. The summed E-state index contributed by atoms with van der Waals surface area (Å²) in [5.74, 6) is -2.33. The minimum Gasteiger partial charge on any atom is -0.483 e. The molecular weight excluding hydrogens is 296 g/mol. The molecule has 0 spiro atoms. The molecule has 0 aliphatic heterocycles. The zero-order chi connectivity index (χ0) is 17.0.